The lowest BCUT2D eigenvalue weighted by Crippen LogP contribution is -2.34. The molecular formula is C69H58F7N19O6S5. The van der Waals surface area contributed by atoms with E-state index in [0.717, 1.165) is 66.9 Å². The van der Waals surface area contributed by atoms with Crippen LogP contribution in [0.3, 0.4) is 0 Å². The number of hydrogen-bond acceptors (Lipinski definition) is 27. The van der Waals surface area contributed by atoms with E-state index in [1.807, 2.05) is 26.0 Å². The molecule has 0 saturated heterocycles. The maximum Gasteiger partial charge on any atom is 0.534 e. The van der Waals surface area contributed by atoms with Crippen LogP contribution >= 0.6 is 45.3 Å². The number of alkyl halides is 3. The van der Waals surface area contributed by atoms with E-state index in [1.54, 1.807) is 101 Å². The SMILES string of the molecule is Cc1nc(-c2cnccn2)sc1O.Cc1nc(-c2cnccn2)sc1OS(=O)(=O)C(F)(F)F.Cc1sc(-c2cnccn2)nc1N1CCc2[nH]c(-c3c(F)cccc3F)cc2C1.Cc1sc(-c2cnccn2)nc1N1CCc2c(cc(-c3c(F)cccc3F)n2C(=O)OC(C)(C)C)C1.N#Cc1cnccn1. The van der Waals surface area contributed by atoms with E-state index in [0.29, 0.717) is 82.3 Å². The first kappa shape index (κ1) is 75.7. The number of benzene rings is 2. The molecule has 2 aliphatic heterocycles. The Morgan fingerprint density at radius 1 is 0.585 bits per heavy atom. The number of H-pyrrole nitrogens is 1. The van der Waals surface area contributed by atoms with Crippen molar-refractivity contribution in [2.45, 2.75) is 85.5 Å². The van der Waals surface area contributed by atoms with E-state index in [-0.39, 0.29) is 32.6 Å². The molecule has 2 aliphatic rings. The number of anilines is 2. The normalized spacial score (nSPS) is 12.5. The number of thiazole rings is 4. The first-order valence-electron chi connectivity index (χ1n) is 31.5. The first-order valence-corrected chi connectivity index (χ1v) is 36.2. The number of nitrogens with one attached hydrogen (secondary N) is 1. The van der Waals surface area contributed by atoms with Gasteiger partial charge in [-0.05, 0) is 96.0 Å². The molecule has 13 heterocycles. The summed E-state index contributed by atoms with van der Waals surface area (Å²) >= 11 is 4.97. The molecule has 37 heteroatoms. The summed E-state index contributed by atoms with van der Waals surface area (Å²) in [5, 5.41) is 19.8. The molecule has 544 valence electrons. The second-order valence-corrected chi connectivity index (χ2v) is 29.6. The van der Waals surface area contributed by atoms with Crippen molar-refractivity contribution in [3.63, 3.8) is 0 Å². The molecular weight excluding hydrogens is 1480 g/mol. The molecule has 0 unspecified atom stereocenters. The minimum Gasteiger partial charge on any atom is -0.498 e. The van der Waals surface area contributed by atoms with Crippen molar-refractivity contribution in [3.8, 4) is 81.5 Å². The van der Waals surface area contributed by atoms with Crippen LogP contribution in [-0.4, -0.2) is 123 Å². The Labute approximate surface area is 616 Å². The molecule has 15 rings (SSSR count). The Hall–Kier alpha value is -11.5. The van der Waals surface area contributed by atoms with Crippen LogP contribution in [0.15, 0.2) is 141 Å². The summed E-state index contributed by atoms with van der Waals surface area (Å²) in [6, 6.07) is 13.0. The van der Waals surface area contributed by atoms with Crippen LogP contribution < -0.4 is 14.0 Å². The summed E-state index contributed by atoms with van der Waals surface area (Å²) in [6.45, 7) is 14.8. The molecule has 0 atom stereocenters. The van der Waals surface area contributed by atoms with Gasteiger partial charge in [-0.25, -0.2) is 51.8 Å². The predicted octanol–water partition coefficient (Wildman–Crippen LogP) is 14.8. The lowest BCUT2D eigenvalue weighted by Gasteiger charge is -2.29. The molecule has 0 spiro atoms. The number of aromatic amines is 1. The summed E-state index contributed by atoms with van der Waals surface area (Å²) in [5.74, 6) is -0.879. The van der Waals surface area contributed by atoms with E-state index < -0.39 is 55.7 Å². The first-order chi connectivity index (χ1) is 50.6. The molecule has 13 aromatic rings. The minimum atomic E-state index is -5.71. The highest BCUT2D eigenvalue weighted by Crippen LogP contribution is 2.41. The van der Waals surface area contributed by atoms with Gasteiger partial charge in [0.15, 0.2) is 10.8 Å². The summed E-state index contributed by atoms with van der Waals surface area (Å²) in [4.78, 5) is 80.4. The number of nitrogens with zero attached hydrogens (tertiary/aromatic N) is 18. The molecule has 0 radical (unpaired) electrons. The maximum absolute atomic E-state index is 14.8. The van der Waals surface area contributed by atoms with Gasteiger partial charge in [-0.1, -0.05) is 34.8 Å². The van der Waals surface area contributed by atoms with Gasteiger partial charge in [0, 0.05) is 122 Å². The van der Waals surface area contributed by atoms with Crippen LogP contribution in [0.2, 0.25) is 0 Å². The Morgan fingerprint density at radius 2 is 1.04 bits per heavy atom. The van der Waals surface area contributed by atoms with Crippen molar-refractivity contribution in [3.05, 3.63) is 214 Å². The molecule has 0 amide bonds. The van der Waals surface area contributed by atoms with E-state index in [2.05, 4.69) is 78.8 Å². The number of carbonyl (C=O) groups is 1. The zero-order valence-electron chi connectivity index (χ0n) is 56.7. The lowest BCUT2D eigenvalue weighted by atomic mass is 10.1. The summed E-state index contributed by atoms with van der Waals surface area (Å²) in [6.07, 6.45) is 23.9. The number of halogens is 7. The number of nitriles is 1. The van der Waals surface area contributed by atoms with Crippen LogP contribution in [0, 0.1) is 62.3 Å². The minimum absolute atomic E-state index is 0.0109. The summed E-state index contributed by atoms with van der Waals surface area (Å²) in [5.41, 5.74) is 1.06. The van der Waals surface area contributed by atoms with Gasteiger partial charge in [-0.3, -0.25) is 44.9 Å². The van der Waals surface area contributed by atoms with Gasteiger partial charge < -0.3 is 28.8 Å². The largest absolute Gasteiger partial charge is 0.534 e. The molecule has 106 heavy (non-hydrogen) atoms. The summed E-state index contributed by atoms with van der Waals surface area (Å²) < 4.78 is 127. The number of rotatable bonds is 10. The predicted molar refractivity (Wildman–Crippen MR) is 383 cm³/mol. The van der Waals surface area contributed by atoms with Gasteiger partial charge in [0.25, 0.3) is 0 Å². The second kappa shape index (κ2) is 32.7. The maximum atomic E-state index is 14.8. The highest BCUT2D eigenvalue weighted by molar-refractivity contribution is 7.88. The fourth-order valence-electron chi connectivity index (χ4n) is 10.5. The van der Waals surface area contributed by atoms with Crippen molar-refractivity contribution in [1.29, 1.82) is 5.26 Å². The topological polar surface area (TPSA) is 321 Å². The smallest absolute Gasteiger partial charge is 0.498 e. The number of aryl methyl sites for hydroxylation is 4. The van der Waals surface area contributed by atoms with Crippen LogP contribution in [0.5, 0.6) is 10.1 Å². The lowest BCUT2D eigenvalue weighted by molar-refractivity contribution is -0.0499. The van der Waals surface area contributed by atoms with Gasteiger partial charge in [-0.2, -0.15) is 26.9 Å². The van der Waals surface area contributed by atoms with Crippen molar-refractivity contribution < 1.29 is 58.0 Å². The second-order valence-electron chi connectivity index (χ2n) is 23.7. The van der Waals surface area contributed by atoms with E-state index in [4.69, 9.17) is 20.0 Å². The van der Waals surface area contributed by atoms with Crippen LogP contribution in [0.4, 0.5) is 47.2 Å². The zero-order chi connectivity index (χ0) is 75.6. The van der Waals surface area contributed by atoms with Gasteiger partial charge >= 0.3 is 21.7 Å². The Morgan fingerprint density at radius 3 is 1.47 bits per heavy atom. The molecule has 0 aliphatic carbocycles. The van der Waals surface area contributed by atoms with E-state index in [1.165, 1.54) is 108 Å². The van der Waals surface area contributed by atoms with Crippen molar-refractivity contribution in [2.75, 3.05) is 22.9 Å². The van der Waals surface area contributed by atoms with Crippen LogP contribution in [0.25, 0.3) is 65.3 Å². The zero-order valence-corrected chi connectivity index (χ0v) is 60.8. The monoisotopic (exact) mass is 1540 g/mol. The number of aromatic hydroxyl groups is 1. The number of carbonyl (C=O) groups excluding carboxylic acids is 1. The highest BCUT2D eigenvalue weighted by atomic mass is 32.2. The fraction of sp³-hybridized carbons (Fsp3) is 0.217. The number of aromatic nitrogens is 16. The average molecular weight is 1540 g/mol. The van der Waals surface area contributed by atoms with Gasteiger partial charge in [0.2, 0.25) is 5.06 Å². The molecule has 0 bridgehead atoms. The fourth-order valence-corrected chi connectivity index (χ4v) is 14.6. The van der Waals surface area contributed by atoms with Crippen molar-refractivity contribution >= 4 is 73.2 Å². The average Bonchev–Trinajstić information content (AvgIpc) is 1.60. The Bertz CT molecular complexity index is 5330. The quantitative estimate of drug-likeness (QED) is 0.0730. The third-order valence-electron chi connectivity index (χ3n) is 15.1. The number of hydrogen-bond donors (Lipinski definition) is 2. The van der Waals surface area contributed by atoms with Gasteiger partial charge in [-0.15, -0.1) is 22.7 Å². The highest BCUT2D eigenvalue weighted by Gasteiger charge is 2.49. The summed E-state index contributed by atoms with van der Waals surface area (Å²) in [7, 11) is -5.71. The molecule has 0 saturated carbocycles. The standard InChI is InChI=1S/C26H25F2N5O2S.C21H17F2N5S.C9H6F3N3O3S2.C8H7N3OS.C5H3N3/c1-15-23(31-24(36-15)19-13-29-9-10-30-19)32-11-8-20-16(14-32)12-21(22-17(27)6-5-7-18(22)28)33(20)25(34)35-26(2,3)4;1-12-20(27-21(29-12)18-10-24-6-7-25-18)28-8-5-16-13(11-28)9-17(26-16)19-14(22)3-2-4-15(19)23;1-5-8(18-20(16,17)9(10,11)12)19-7(15-5)6-4-13-2-3-14-6;1-5-8(12)13-7(11-5)6-4-9-2-3-10-6;6-3-5-4-7-1-2-8-5/h5-7,9-10,12-13H,8,11,14H2,1-4H3;2-4,6-7,9-10,26H,5,8,11H2,1H3;2-4H,1H3;2-4,12H,1H3;1-2,4H. The number of ether oxygens (including phenoxy) is 1. The molecule has 11 aromatic heterocycles. The third-order valence-corrected chi connectivity index (χ3v) is 20.2. The Balaban J connectivity index is 0.000000143. The van der Waals surface area contributed by atoms with Gasteiger partial charge in [0.1, 0.15) is 89.4 Å². The van der Waals surface area contributed by atoms with Crippen molar-refractivity contribution in [2.24, 2.45) is 0 Å². The van der Waals surface area contributed by atoms with E-state index in [9.17, 15) is 49.1 Å². The van der Waals surface area contributed by atoms with Crippen LogP contribution in [0.1, 0.15) is 70.1 Å². The van der Waals surface area contributed by atoms with Gasteiger partial charge in [0.05, 0.1) is 64.9 Å². The van der Waals surface area contributed by atoms with E-state index >= 15 is 0 Å². The Kier molecular flexibility index (Phi) is 23.3. The van der Waals surface area contributed by atoms with Crippen LogP contribution in [-0.2, 0) is 40.8 Å². The number of fused-ring (bicyclic) bond motifs is 2. The molecule has 2 aromatic carbocycles. The molecule has 2 N–H and O–H groups in total. The third kappa shape index (κ3) is 18.0. The van der Waals surface area contributed by atoms with Crippen molar-refractivity contribution in [1.82, 2.24) is 79.3 Å². The molecule has 25 nitrogen and oxygen atoms in total. The molecule has 0 fully saturated rings.